The average Bonchev–Trinajstić information content (AvgIpc) is 3.86. The van der Waals surface area contributed by atoms with Crippen molar-refractivity contribution in [1.82, 2.24) is 18.7 Å². The number of fused-ring (bicyclic) bond motifs is 5. The summed E-state index contributed by atoms with van der Waals surface area (Å²) in [5.41, 5.74) is 17.5. The maximum atomic E-state index is 13.0. The Labute approximate surface area is 418 Å². The molecule has 0 N–H and O–H groups in total. The minimum absolute atomic E-state index is 0.0843. The summed E-state index contributed by atoms with van der Waals surface area (Å²) in [4.78, 5) is 18.1. The fourth-order valence-corrected chi connectivity index (χ4v) is 11.4. The first-order valence-corrected chi connectivity index (χ1v) is 25.0. The molecule has 0 bridgehead atoms. The number of hydrogen-bond donors (Lipinski definition) is 0. The van der Waals surface area contributed by atoms with E-state index in [4.69, 9.17) is 9.72 Å². The third-order valence-corrected chi connectivity index (χ3v) is 14.8. The van der Waals surface area contributed by atoms with Crippen molar-refractivity contribution in [3.63, 3.8) is 0 Å². The van der Waals surface area contributed by atoms with Gasteiger partial charge in [-0.1, -0.05) is 57.2 Å². The molecule has 344 valence electrons. The molecule has 3 heterocycles. The Morgan fingerprint density at radius 3 is 1.99 bits per heavy atom. The van der Waals surface area contributed by atoms with Crippen LogP contribution in [0.5, 0.6) is 11.5 Å². The molecule has 8 aromatic carbocycles. The first-order valence-electron chi connectivity index (χ1n) is 23.8. The smallest absolute Gasteiger partial charge is 0.0579 e. The average molecular weight is 1090 g/mol. The van der Waals surface area contributed by atoms with Gasteiger partial charge in [-0.05, 0) is 29.0 Å². The van der Waals surface area contributed by atoms with Gasteiger partial charge < -0.3 is 0 Å². The molecule has 0 atom stereocenters. The molecule has 1 aliphatic carbocycles. The summed E-state index contributed by atoms with van der Waals surface area (Å²) < 4.78 is 14.6. The number of carbonyl (C=O) groups excluding carboxylic acids is 1. The van der Waals surface area contributed by atoms with E-state index in [1.165, 1.54) is 11.1 Å². The van der Waals surface area contributed by atoms with E-state index in [1.54, 1.807) is 0 Å². The molecule has 1 aliphatic rings. The van der Waals surface area contributed by atoms with E-state index in [0.29, 0.717) is 30.8 Å². The second-order valence-electron chi connectivity index (χ2n) is 19.3. The first kappa shape index (κ1) is 43.6. The van der Waals surface area contributed by atoms with Gasteiger partial charge in [0.2, 0.25) is 0 Å². The van der Waals surface area contributed by atoms with Crippen LogP contribution in [-0.4, -0.2) is 24.5 Å². The number of aromatic nitrogens is 4. The van der Waals surface area contributed by atoms with Crippen molar-refractivity contribution < 1.29 is 28.9 Å². The van der Waals surface area contributed by atoms with Crippen LogP contribution in [0.2, 0.25) is 0 Å². The zero-order valence-corrected chi connectivity index (χ0v) is 41.6. The number of benzene rings is 8. The van der Waals surface area contributed by atoms with E-state index in [1.807, 2.05) is 24.4 Å². The van der Waals surface area contributed by atoms with Crippen molar-refractivity contribution in [1.29, 1.82) is 0 Å². The van der Waals surface area contributed by atoms with Gasteiger partial charge in [0.1, 0.15) is 0 Å². The predicted octanol–water partition coefficient (Wildman–Crippen LogP) is 15.0. The topological polar surface area (TPSA) is 54.0 Å². The number of pyridine rings is 1. The van der Waals surface area contributed by atoms with Crippen molar-refractivity contribution in [2.75, 3.05) is 0 Å². The first-order chi connectivity index (χ1) is 34.1. The maximum absolute atomic E-state index is 13.0. The van der Waals surface area contributed by atoms with E-state index in [0.717, 1.165) is 98.3 Å². The molecule has 12 rings (SSSR count). The molecular formula is C63H48N4O2Pt-2. The van der Waals surface area contributed by atoms with E-state index < -0.39 is 0 Å². The number of ketones is 1. The Bertz CT molecular complexity index is 3910. The summed E-state index contributed by atoms with van der Waals surface area (Å²) >= 11 is 2.48. The number of rotatable bonds is 8. The van der Waals surface area contributed by atoms with Crippen molar-refractivity contribution in [2.24, 2.45) is 0 Å². The summed E-state index contributed by atoms with van der Waals surface area (Å²) in [7, 11) is 0. The number of para-hydroxylation sites is 3. The van der Waals surface area contributed by atoms with Gasteiger partial charge in [-0.2, -0.15) is 0 Å². The molecule has 0 radical (unpaired) electrons. The van der Waals surface area contributed by atoms with Crippen LogP contribution in [0.1, 0.15) is 49.4 Å². The summed E-state index contributed by atoms with van der Waals surface area (Å²) in [6, 6.07) is 69.0. The molecule has 7 heteroatoms. The van der Waals surface area contributed by atoms with Crippen molar-refractivity contribution >= 4 is 38.6 Å². The number of imidazole rings is 1. The van der Waals surface area contributed by atoms with Crippen LogP contribution in [0.15, 0.2) is 182 Å². The Hall–Kier alpha value is -7.66. The Balaban J connectivity index is 0.967. The molecule has 6 nitrogen and oxygen atoms in total. The number of Topliss-reactive ketones (excluding diaryl/α,β-unsaturated/α-hetero) is 1. The van der Waals surface area contributed by atoms with Gasteiger partial charge in [0, 0.05) is 11.8 Å². The molecule has 0 saturated carbocycles. The molecule has 0 fully saturated rings. The number of aryl methyl sites for hydroxylation is 1. The van der Waals surface area contributed by atoms with E-state index in [2.05, 4.69) is 231 Å². The molecule has 3 aromatic heterocycles. The Morgan fingerprint density at radius 1 is 0.600 bits per heavy atom. The molecule has 11 aromatic rings. The third-order valence-electron chi connectivity index (χ3n) is 13.8. The second kappa shape index (κ2) is 17.4. The number of ether oxygens (including phenoxy) is 1. The van der Waals surface area contributed by atoms with Gasteiger partial charge in [-0.3, -0.25) is 0 Å². The summed E-state index contributed by atoms with van der Waals surface area (Å²) in [5.74, 6) is 2.25. The SMILES string of the molecule is Cc1cc(-n2c3[c-]c(Oc4[c-]c(-n5[c](=[Pt])n(-c6c(-c7ccccc7)cc7c(c6-c6ccccc6)CCC(=O)C7)c6ccccc65)ccc4)ccc3c3ccccc32)ncc1-c1ccc(C(C)(C)C)cc1. The molecular weight excluding hydrogens is 1040 g/mol. The third kappa shape index (κ3) is 7.59. The fourth-order valence-electron chi connectivity index (χ4n) is 10.3. The summed E-state index contributed by atoms with van der Waals surface area (Å²) in [5, 5.41) is 2.19. The molecule has 0 aliphatic heterocycles. The molecule has 0 unspecified atom stereocenters. The van der Waals surface area contributed by atoms with Gasteiger partial charge in [0.25, 0.3) is 0 Å². The van der Waals surface area contributed by atoms with Crippen molar-refractivity contribution in [3.05, 3.63) is 220 Å². The number of carbonyl (C=O) groups is 1. The fraction of sp³-hybridized carbons (Fsp3) is 0.127. The van der Waals surface area contributed by atoms with Crippen molar-refractivity contribution in [2.45, 2.75) is 52.4 Å². The van der Waals surface area contributed by atoms with Crippen LogP contribution in [0, 0.1) is 22.9 Å². The van der Waals surface area contributed by atoms with Crippen LogP contribution >= 0.6 is 0 Å². The zero-order chi connectivity index (χ0) is 47.7. The molecule has 0 amide bonds. The summed E-state index contributed by atoms with van der Waals surface area (Å²) in [6.45, 7) is 8.88. The van der Waals surface area contributed by atoms with Gasteiger partial charge in [0.15, 0.2) is 0 Å². The standard InChI is InChI=1S/C63H48N4O2.Pt/c1-41-34-60(64-39-55(41)43-26-28-46(29-27-43)63(2,3)4)67-56-23-12-11-22-52(56)53-33-31-50(38-59(53)67)69-49-21-15-20-47(37-49)65-40-66(58-25-14-13-24-57(58)65)62-54(42-16-7-5-8-17-42)36-45-35-48(68)30-32-51(45)61(62)44-18-9-6-10-19-44;/h5-29,31,33-34,36,39H,30,32,35H2,1-4H3;/q-2;. The van der Waals surface area contributed by atoms with E-state index in [-0.39, 0.29) is 11.2 Å². The molecule has 70 heavy (non-hydrogen) atoms. The molecule has 0 spiro atoms. The van der Waals surface area contributed by atoms with Crippen LogP contribution in [-0.2, 0) is 42.4 Å². The second-order valence-corrected chi connectivity index (χ2v) is 20.3. The minimum atomic E-state index is 0.0843. The number of nitrogens with zero attached hydrogens (tertiary/aromatic N) is 4. The van der Waals surface area contributed by atoms with Gasteiger partial charge in [0.05, 0.1) is 0 Å². The minimum Gasteiger partial charge on any atom is -0.0579 e. The monoisotopic (exact) mass is 1090 g/mol. The predicted molar refractivity (Wildman–Crippen MR) is 279 cm³/mol. The van der Waals surface area contributed by atoms with E-state index in [9.17, 15) is 4.79 Å². The quantitative estimate of drug-likeness (QED) is 0.143. The Morgan fingerprint density at radius 2 is 1.26 bits per heavy atom. The van der Waals surface area contributed by atoms with Gasteiger partial charge in [-0.15, -0.1) is 0 Å². The van der Waals surface area contributed by atoms with Crippen LogP contribution in [0.3, 0.4) is 0 Å². The number of hydrogen-bond acceptors (Lipinski definition) is 3. The zero-order valence-electron chi connectivity index (χ0n) is 39.4. The van der Waals surface area contributed by atoms with Crippen LogP contribution in [0.4, 0.5) is 0 Å². The van der Waals surface area contributed by atoms with Crippen LogP contribution < -0.4 is 4.74 Å². The normalized spacial score (nSPS) is 12.8. The van der Waals surface area contributed by atoms with Crippen molar-refractivity contribution in [3.8, 4) is 62.1 Å². The van der Waals surface area contributed by atoms with E-state index >= 15 is 0 Å². The van der Waals surface area contributed by atoms with Gasteiger partial charge >= 0.3 is 323 Å². The van der Waals surface area contributed by atoms with Gasteiger partial charge in [-0.25, -0.2) is 0 Å². The summed E-state index contributed by atoms with van der Waals surface area (Å²) in [6.07, 6.45) is 3.66. The van der Waals surface area contributed by atoms with Crippen LogP contribution in [0.25, 0.3) is 83.4 Å². The Kier molecular flexibility index (Phi) is 10.8. The molecule has 0 saturated heterocycles.